The Balaban J connectivity index is 1.69. The molecule has 0 saturated heterocycles. The molecule has 0 radical (unpaired) electrons. The topological polar surface area (TPSA) is 25.8 Å². The van der Waals surface area contributed by atoms with Crippen LogP contribution < -0.4 is 0 Å². The van der Waals surface area contributed by atoms with Crippen LogP contribution in [-0.4, -0.2) is 9.97 Å². The van der Waals surface area contributed by atoms with Gasteiger partial charge in [-0.3, -0.25) is 9.97 Å². The minimum atomic E-state index is 1.01. The number of pyridine rings is 2. The van der Waals surface area contributed by atoms with E-state index in [2.05, 4.69) is 41.2 Å². The van der Waals surface area contributed by atoms with Gasteiger partial charge in [-0.2, -0.15) is 0 Å². The number of hydrogen-bond donors (Lipinski definition) is 0. The van der Waals surface area contributed by atoms with Crippen molar-refractivity contribution in [2.24, 2.45) is 0 Å². The fraction of sp³-hybridized carbons (Fsp3) is 0.400. The SMILES string of the molecule is CCCCCCCCc1cnc2c(ccc3cccnc32)c1. The number of nitrogens with zero attached hydrogens (tertiary/aromatic N) is 2. The lowest BCUT2D eigenvalue weighted by atomic mass is 10.0. The molecule has 0 saturated carbocycles. The van der Waals surface area contributed by atoms with E-state index in [1.165, 1.54) is 49.5 Å². The molecule has 3 rings (SSSR count). The van der Waals surface area contributed by atoms with Crippen LogP contribution in [0.15, 0.2) is 42.7 Å². The van der Waals surface area contributed by atoms with Gasteiger partial charge in [-0.1, -0.05) is 57.2 Å². The van der Waals surface area contributed by atoms with E-state index in [9.17, 15) is 0 Å². The number of aryl methyl sites for hydroxylation is 1. The Hall–Kier alpha value is -1.96. The number of rotatable bonds is 7. The molecule has 114 valence electrons. The van der Waals surface area contributed by atoms with E-state index in [1.54, 1.807) is 0 Å². The zero-order valence-electron chi connectivity index (χ0n) is 13.4. The van der Waals surface area contributed by atoms with Crippen molar-refractivity contribution in [3.05, 3.63) is 48.3 Å². The van der Waals surface area contributed by atoms with Crippen molar-refractivity contribution < 1.29 is 0 Å². The Morgan fingerprint density at radius 2 is 1.59 bits per heavy atom. The maximum atomic E-state index is 4.68. The van der Waals surface area contributed by atoms with Crippen molar-refractivity contribution in [3.8, 4) is 0 Å². The second-order valence-corrected chi connectivity index (χ2v) is 6.07. The number of unbranched alkanes of at least 4 members (excludes halogenated alkanes) is 5. The zero-order valence-corrected chi connectivity index (χ0v) is 13.4. The second kappa shape index (κ2) is 7.35. The fourth-order valence-electron chi connectivity index (χ4n) is 3.03. The van der Waals surface area contributed by atoms with Gasteiger partial charge < -0.3 is 0 Å². The quantitative estimate of drug-likeness (QED) is 0.413. The van der Waals surface area contributed by atoms with E-state index in [0.717, 1.165) is 22.8 Å². The third-order valence-corrected chi connectivity index (χ3v) is 4.30. The summed E-state index contributed by atoms with van der Waals surface area (Å²) in [6, 6.07) is 10.6. The summed E-state index contributed by atoms with van der Waals surface area (Å²) < 4.78 is 0. The lowest BCUT2D eigenvalue weighted by Gasteiger charge is -2.05. The molecule has 0 amide bonds. The number of benzene rings is 1. The van der Waals surface area contributed by atoms with Crippen LogP contribution in [0.4, 0.5) is 0 Å². The minimum absolute atomic E-state index is 1.01. The Morgan fingerprint density at radius 3 is 2.50 bits per heavy atom. The van der Waals surface area contributed by atoms with Gasteiger partial charge in [0.05, 0.1) is 11.0 Å². The molecule has 0 aliphatic rings. The molecular weight excluding hydrogens is 268 g/mol. The monoisotopic (exact) mass is 292 g/mol. The highest BCUT2D eigenvalue weighted by molar-refractivity contribution is 6.02. The molecule has 0 atom stereocenters. The zero-order chi connectivity index (χ0) is 15.2. The summed E-state index contributed by atoms with van der Waals surface area (Å²) in [5, 5.41) is 2.36. The van der Waals surface area contributed by atoms with Gasteiger partial charge in [-0.15, -0.1) is 0 Å². The number of fused-ring (bicyclic) bond motifs is 3. The molecule has 0 N–H and O–H groups in total. The lowest BCUT2D eigenvalue weighted by molar-refractivity contribution is 0.607. The fourth-order valence-corrected chi connectivity index (χ4v) is 3.03. The predicted molar refractivity (Wildman–Crippen MR) is 94.1 cm³/mol. The van der Waals surface area contributed by atoms with Crippen LogP contribution >= 0.6 is 0 Å². The van der Waals surface area contributed by atoms with Crippen molar-refractivity contribution >= 4 is 21.8 Å². The van der Waals surface area contributed by atoms with Crippen molar-refractivity contribution in [1.29, 1.82) is 0 Å². The lowest BCUT2D eigenvalue weighted by Crippen LogP contribution is -1.90. The van der Waals surface area contributed by atoms with E-state index in [-0.39, 0.29) is 0 Å². The Kier molecular flexibility index (Phi) is 4.99. The maximum absolute atomic E-state index is 4.68. The van der Waals surface area contributed by atoms with Crippen LogP contribution in [-0.2, 0) is 6.42 Å². The van der Waals surface area contributed by atoms with Crippen LogP contribution in [0.2, 0.25) is 0 Å². The third-order valence-electron chi connectivity index (χ3n) is 4.30. The molecule has 2 heterocycles. The van der Waals surface area contributed by atoms with Gasteiger partial charge >= 0.3 is 0 Å². The largest absolute Gasteiger partial charge is 0.254 e. The highest BCUT2D eigenvalue weighted by Gasteiger charge is 2.04. The minimum Gasteiger partial charge on any atom is -0.254 e. The summed E-state index contributed by atoms with van der Waals surface area (Å²) in [6.07, 6.45) is 13.0. The standard InChI is InChI=1S/C20H24N2/c1-2-3-4-5-6-7-9-16-14-18-12-11-17-10-8-13-21-19(17)20(18)22-15-16/h8,10-15H,2-7,9H2,1H3. The molecule has 0 unspecified atom stereocenters. The molecule has 0 aliphatic carbocycles. The first-order chi connectivity index (χ1) is 10.9. The molecule has 0 aliphatic heterocycles. The van der Waals surface area contributed by atoms with Gasteiger partial charge in [0.15, 0.2) is 0 Å². The molecule has 2 aromatic heterocycles. The van der Waals surface area contributed by atoms with E-state index in [1.807, 2.05) is 18.5 Å². The molecule has 3 aromatic rings. The third kappa shape index (κ3) is 3.44. The molecule has 2 heteroatoms. The van der Waals surface area contributed by atoms with E-state index >= 15 is 0 Å². The van der Waals surface area contributed by atoms with Crippen molar-refractivity contribution in [2.45, 2.75) is 51.9 Å². The summed E-state index contributed by atoms with van der Waals surface area (Å²) in [6.45, 7) is 2.26. The summed E-state index contributed by atoms with van der Waals surface area (Å²) >= 11 is 0. The van der Waals surface area contributed by atoms with Crippen LogP contribution in [0.3, 0.4) is 0 Å². The second-order valence-electron chi connectivity index (χ2n) is 6.07. The van der Waals surface area contributed by atoms with Gasteiger partial charge in [-0.05, 0) is 30.5 Å². The number of aromatic nitrogens is 2. The average Bonchev–Trinajstić information content (AvgIpc) is 2.57. The normalized spacial score (nSPS) is 11.3. The summed E-state index contributed by atoms with van der Waals surface area (Å²) in [5.41, 5.74) is 3.37. The first kappa shape index (κ1) is 15.0. The van der Waals surface area contributed by atoms with Crippen LogP contribution in [0.25, 0.3) is 21.8 Å². The average molecular weight is 292 g/mol. The van der Waals surface area contributed by atoms with E-state index in [0.29, 0.717) is 0 Å². The van der Waals surface area contributed by atoms with Gasteiger partial charge in [0.2, 0.25) is 0 Å². The molecule has 22 heavy (non-hydrogen) atoms. The van der Waals surface area contributed by atoms with E-state index < -0.39 is 0 Å². The summed E-state index contributed by atoms with van der Waals surface area (Å²) in [4.78, 5) is 9.16. The first-order valence-electron chi connectivity index (χ1n) is 8.51. The molecule has 0 bridgehead atoms. The van der Waals surface area contributed by atoms with Gasteiger partial charge in [0.25, 0.3) is 0 Å². The molecule has 0 spiro atoms. The van der Waals surface area contributed by atoms with Gasteiger partial charge in [0.1, 0.15) is 0 Å². The highest BCUT2D eigenvalue weighted by atomic mass is 14.7. The van der Waals surface area contributed by atoms with Crippen molar-refractivity contribution in [1.82, 2.24) is 9.97 Å². The first-order valence-corrected chi connectivity index (χ1v) is 8.51. The van der Waals surface area contributed by atoms with Crippen LogP contribution in [0.1, 0.15) is 51.0 Å². The van der Waals surface area contributed by atoms with Crippen LogP contribution in [0.5, 0.6) is 0 Å². The molecule has 1 aromatic carbocycles. The summed E-state index contributed by atoms with van der Waals surface area (Å²) in [5.74, 6) is 0. The highest BCUT2D eigenvalue weighted by Crippen LogP contribution is 2.23. The Labute approximate surface area is 132 Å². The summed E-state index contributed by atoms with van der Waals surface area (Å²) in [7, 11) is 0. The molecular formula is C20H24N2. The Morgan fingerprint density at radius 1 is 0.818 bits per heavy atom. The van der Waals surface area contributed by atoms with Crippen LogP contribution in [0, 0.1) is 0 Å². The van der Waals surface area contributed by atoms with Gasteiger partial charge in [0, 0.05) is 23.2 Å². The number of hydrogen-bond acceptors (Lipinski definition) is 2. The van der Waals surface area contributed by atoms with Crippen molar-refractivity contribution in [3.63, 3.8) is 0 Å². The molecule has 2 nitrogen and oxygen atoms in total. The predicted octanol–water partition coefficient (Wildman–Crippen LogP) is 5.69. The molecule has 0 fully saturated rings. The van der Waals surface area contributed by atoms with Gasteiger partial charge in [-0.25, -0.2) is 0 Å². The Bertz CT molecular complexity index is 749. The van der Waals surface area contributed by atoms with E-state index in [4.69, 9.17) is 0 Å². The van der Waals surface area contributed by atoms with Crippen molar-refractivity contribution in [2.75, 3.05) is 0 Å². The smallest absolute Gasteiger partial charge is 0.0964 e. The maximum Gasteiger partial charge on any atom is 0.0964 e.